The molecule has 0 unspecified atom stereocenters. The molecule has 266 valence electrons. The van der Waals surface area contributed by atoms with Crippen LogP contribution in [0.25, 0.3) is 66.8 Å². The second-order valence-corrected chi connectivity index (χ2v) is 13.8. The Labute approximate surface area is 327 Å². The Kier molecular flexibility index (Phi) is 9.28. The fraction of sp³-hybridized carbons (Fsp3) is 0.0192. The van der Waals surface area contributed by atoms with E-state index in [1.807, 2.05) is 67.6 Å². The fourth-order valence-electron chi connectivity index (χ4n) is 7.17. The highest BCUT2D eigenvalue weighted by Gasteiger charge is 2.15. The van der Waals surface area contributed by atoms with Gasteiger partial charge in [-0.1, -0.05) is 170 Å². The van der Waals surface area contributed by atoms with E-state index in [-0.39, 0.29) is 0 Å². The molecule has 4 nitrogen and oxygen atoms in total. The van der Waals surface area contributed by atoms with E-state index in [9.17, 15) is 0 Å². The first-order chi connectivity index (χ1) is 27.6. The maximum Gasteiger partial charge on any atom is 0.160 e. The molecule has 0 fully saturated rings. The van der Waals surface area contributed by atoms with E-state index >= 15 is 0 Å². The smallest absolute Gasteiger partial charge is 0.160 e. The van der Waals surface area contributed by atoms with Crippen LogP contribution in [0.4, 0.5) is 0 Å². The molecule has 4 heteroatoms. The molecule has 0 spiro atoms. The van der Waals surface area contributed by atoms with E-state index < -0.39 is 0 Å². The molecule has 0 bridgehead atoms. The van der Waals surface area contributed by atoms with Gasteiger partial charge >= 0.3 is 0 Å². The van der Waals surface area contributed by atoms with Crippen molar-refractivity contribution in [3.63, 3.8) is 0 Å². The van der Waals surface area contributed by atoms with E-state index in [0.29, 0.717) is 11.5 Å². The highest BCUT2D eigenvalue weighted by Crippen LogP contribution is 2.33. The Morgan fingerprint density at radius 1 is 0.464 bits per heavy atom. The van der Waals surface area contributed by atoms with Crippen LogP contribution in [0, 0.1) is 0 Å². The molecule has 56 heavy (non-hydrogen) atoms. The number of para-hydroxylation sites is 3. The molecule has 0 aliphatic heterocycles. The summed E-state index contributed by atoms with van der Waals surface area (Å²) in [6.45, 7) is 6.35. The Balaban J connectivity index is 0.978. The van der Waals surface area contributed by atoms with E-state index in [2.05, 4.69) is 151 Å². The van der Waals surface area contributed by atoms with Gasteiger partial charge in [0.2, 0.25) is 0 Å². The quantitative estimate of drug-likeness (QED) is 0.114. The first-order valence-corrected chi connectivity index (χ1v) is 18.8. The van der Waals surface area contributed by atoms with Crippen LogP contribution in [0.5, 0.6) is 0 Å². The van der Waals surface area contributed by atoms with Crippen molar-refractivity contribution < 1.29 is 0 Å². The summed E-state index contributed by atoms with van der Waals surface area (Å²) < 4.78 is 2.24. The Hall–Kier alpha value is -7.43. The first kappa shape index (κ1) is 34.3. The standard InChI is InChI=1S/C52H38N4/c1-36(38-14-6-3-7-15-38)53-51(43-16-8-4-9-17-43)54-37(2)39-22-24-40(25-23-39)45-32-28-42-29-33-46(35-47(42)34-45)41-26-30-44(31-27-41)52-55-49-20-12-13-21-50(49)56(52)48-18-10-5-11-19-48/h3-35H,2H2,1H3/b53-36+,54-51-. The van der Waals surface area contributed by atoms with Crippen LogP contribution in [0.3, 0.4) is 0 Å². The number of hydrogen-bond acceptors (Lipinski definition) is 2. The van der Waals surface area contributed by atoms with Crippen molar-refractivity contribution in [3.8, 4) is 39.3 Å². The lowest BCUT2D eigenvalue weighted by Gasteiger charge is -2.11. The van der Waals surface area contributed by atoms with Crippen LogP contribution in [-0.4, -0.2) is 21.1 Å². The van der Waals surface area contributed by atoms with Crippen LogP contribution in [0.1, 0.15) is 23.6 Å². The SMILES string of the molecule is C=C(/N=C(\N=C(/C)c1ccccc1)c1ccccc1)c1ccc(-c2ccc3ccc(-c4ccc(-c5nc6ccccc6n5-c5ccccc5)cc4)cc3c2)cc1. The number of aromatic nitrogens is 2. The number of imidazole rings is 1. The molecule has 0 N–H and O–H groups in total. The lowest BCUT2D eigenvalue weighted by atomic mass is 9.96. The van der Waals surface area contributed by atoms with E-state index in [1.165, 1.54) is 16.3 Å². The van der Waals surface area contributed by atoms with Crippen molar-refractivity contribution in [2.45, 2.75) is 6.92 Å². The summed E-state index contributed by atoms with van der Waals surface area (Å²) in [4.78, 5) is 14.9. The molecule has 9 rings (SSSR count). The molecule has 1 aromatic heterocycles. The van der Waals surface area contributed by atoms with E-state index in [4.69, 9.17) is 15.0 Å². The summed E-state index contributed by atoms with van der Waals surface area (Å²) in [5.41, 5.74) is 13.3. The second-order valence-electron chi connectivity index (χ2n) is 13.8. The van der Waals surface area contributed by atoms with Gasteiger partial charge in [0.15, 0.2) is 5.84 Å². The van der Waals surface area contributed by atoms with Gasteiger partial charge in [0.05, 0.1) is 16.7 Å². The van der Waals surface area contributed by atoms with Gasteiger partial charge in [0.25, 0.3) is 0 Å². The van der Waals surface area contributed by atoms with Gasteiger partial charge in [-0.2, -0.15) is 0 Å². The van der Waals surface area contributed by atoms with Gasteiger partial charge in [-0.15, -0.1) is 0 Å². The van der Waals surface area contributed by atoms with Crippen molar-refractivity contribution in [1.29, 1.82) is 0 Å². The number of nitrogens with zero attached hydrogens (tertiary/aromatic N) is 4. The first-order valence-electron chi connectivity index (χ1n) is 18.8. The van der Waals surface area contributed by atoms with Crippen molar-refractivity contribution in [2.75, 3.05) is 0 Å². The number of amidine groups is 1. The van der Waals surface area contributed by atoms with Crippen molar-refractivity contribution >= 4 is 39.1 Å². The largest absolute Gasteiger partial charge is 0.292 e. The Morgan fingerprint density at radius 3 is 1.62 bits per heavy atom. The molecule has 1 heterocycles. The van der Waals surface area contributed by atoms with Crippen LogP contribution >= 0.6 is 0 Å². The zero-order valence-corrected chi connectivity index (χ0v) is 31.0. The Bertz CT molecular complexity index is 2890. The van der Waals surface area contributed by atoms with Gasteiger partial charge in [0.1, 0.15) is 5.82 Å². The average molecular weight is 719 g/mol. The number of benzene rings is 8. The molecule has 9 aromatic rings. The topological polar surface area (TPSA) is 42.5 Å². The monoisotopic (exact) mass is 718 g/mol. The lowest BCUT2D eigenvalue weighted by molar-refractivity contribution is 1.10. The average Bonchev–Trinajstić information content (AvgIpc) is 3.66. The summed E-state index contributed by atoms with van der Waals surface area (Å²) in [6.07, 6.45) is 0. The highest BCUT2D eigenvalue weighted by molar-refractivity contribution is 6.12. The third-order valence-electron chi connectivity index (χ3n) is 10.2. The van der Waals surface area contributed by atoms with Crippen molar-refractivity contribution in [2.24, 2.45) is 9.98 Å². The van der Waals surface area contributed by atoms with Crippen LogP contribution < -0.4 is 0 Å². The van der Waals surface area contributed by atoms with Gasteiger partial charge < -0.3 is 0 Å². The minimum absolute atomic E-state index is 0.632. The molecule has 0 saturated carbocycles. The third kappa shape index (κ3) is 7.00. The number of hydrogen-bond donors (Lipinski definition) is 0. The van der Waals surface area contributed by atoms with Crippen LogP contribution in [-0.2, 0) is 0 Å². The zero-order chi connectivity index (χ0) is 37.8. The second kappa shape index (κ2) is 15.1. The number of rotatable bonds is 8. The van der Waals surface area contributed by atoms with Crippen LogP contribution in [0.2, 0.25) is 0 Å². The zero-order valence-electron chi connectivity index (χ0n) is 31.0. The molecule has 0 saturated heterocycles. The highest BCUT2D eigenvalue weighted by atomic mass is 15.1. The molecule has 0 aliphatic rings. The molecular weight excluding hydrogens is 681 g/mol. The summed E-state index contributed by atoms with van der Waals surface area (Å²) >= 11 is 0. The normalized spacial score (nSPS) is 11.9. The van der Waals surface area contributed by atoms with Gasteiger partial charge in [-0.05, 0) is 87.5 Å². The number of fused-ring (bicyclic) bond motifs is 2. The molecule has 0 amide bonds. The van der Waals surface area contributed by atoms with E-state index in [0.717, 1.165) is 67.2 Å². The van der Waals surface area contributed by atoms with Gasteiger partial charge in [0, 0.05) is 22.5 Å². The molecule has 8 aromatic carbocycles. The van der Waals surface area contributed by atoms with Crippen molar-refractivity contribution in [1.82, 2.24) is 9.55 Å². The third-order valence-corrected chi connectivity index (χ3v) is 10.2. The number of aliphatic imine (C=N–C) groups is 2. The predicted octanol–water partition coefficient (Wildman–Crippen LogP) is 13.1. The molecule has 0 atom stereocenters. The van der Waals surface area contributed by atoms with Gasteiger partial charge in [-0.25, -0.2) is 15.0 Å². The summed E-state index contributed by atoms with van der Waals surface area (Å²) in [5, 5.41) is 2.39. The Morgan fingerprint density at radius 2 is 0.982 bits per heavy atom. The predicted molar refractivity (Wildman–Crippen MR) is 236 cm³/mol. The molecular formula is C52H38N4. The minimum Gasteiger partial charge on any atom is -0.292 e. The summed E-state index contributed by atoms with van der Waals surface area (Å²) in [5.74, 6) is 1.56. The minimum atomic E-state index is 0.632. The maximum atomic E-state index is 5.05. The summed E-state index contributed by atoms with van der Waals surface area (Å²) in [6, 6.07) is 69.5. The lowest BCUT2D eigenvalue weighted by Crippen LogP contribution is -2.04. The van der Waals surface area contributed by atoms with E-state index in [1.54, 1.807) is 0 Å². The van der Waals surface area contributed by atoms with Crippen LogP contribution in [0.15, 0.2) is 217 Å². The van der Waals surface area contributed by atoms with Crippen molar-refractivity contribution in [3.05, 3.63) is 223 Å². The molecule has 0 aliphatic carbocycles. The maximum absolute atomic E-state index is 5.05. The fourth-order valence-corrected chi connectivity index (χ4v) is 7.17. The molecule has 0 radical (unpaired) electrons. The summed E-state index contributed by atoms with van der Waals surface area (Å²) in [7, 11) is 0. The van der Waals surface area contributed by atoms with Gasteiger partial charge in [-0.3, -0.25) is 4.57 Å².